The van der Waals surface area contributed by atoms with Crippen molar-refractivity contribution in [3.05, 3.63) is 261 Å². The van der Waals surface area contributed by atoms with Gasteiger partial charge in [0.05, 0.1) is 26.4 Å². The van der Waals surface area contributed by atoms with Gasteiger partial charge in [0.2, 0.25) is 41.4 Å². The van der Waals surface area contributed by atoms with Crippen LogP contribution in [0.25, 0.3) is 33.4 Å². The molecule has 4 aromatic carbocycles. The Morgan fingerprint density at radius 2 is 0.594 bits per heavy atom. The molecular formula is C75H53Br4F3IN15O8. The molecule has 0 radical (unpaired) electrons. The number of rotatable bonds is 3. The molecule has 532 valence electrons. The minimum absolute atomic E-state index is 0.1000. The number of benzene rings is 4. The van der Waals surface area contributed by atoms with Crippen molar-refractivity contribution in [2.24, 2.45) is 42.9 Å². The van der Waals surface area contributed by atoms with Crippen molar-refractivity contribution in [3.63, 3.8) is 0 Å². The van der Waals surface area contributed by atoms with Gasteiger partial charge in [-0.25, -0.2) is 54.9 Å². The lowest BCUT2D eigenvalue weighted by molar-refractivity contribution is 0.217. The maximum absolute atomic E-state index is 14.3. The van der Waals surface area contributed by atoms with E-state index in [1.54, 1.807) is 97.6 Å². The molecule has 23 nitrogen and oxygen atoms in total. The molecule has 0 saturated carbocycles. The predicted octanol–water partition coefficient (Wildman–Crippen LogP) is 15.9. The van der Waals surface area contributed by atoms with Gasteiger partial charge in [0.25, 0.3) is 24.1 Å². The van der Waals surface area contributed by atoms with Crippen LogP contribution in [-0.2, 0) is 41.1 Å². The zero-order valence-electron chi connectivity index (χ0n) is 54.9. The molecule has 0 bridgehead atoms. The SMILES string of the molecule is NC1=NC2(CCO1)c1cc(-c3cccnc3F)ccc1Oc1ncc(Br)cc12.NC1=NC2(CCO1)c1cc(I)ccc1Oc1ncc(Br)cc12.NC1=N[C@@]2(CCO1)c1cc(-c3cccnc3F)ccc1Oc1ncc(Br)cc12.NC1=N[C@]2(CCO1)c1cc(-c3cccnc3F)ccc1Oc1ncc(Br)cc12. The average molecular weight is 1800 g/mol. The zero-order valence-corrected chi connectivity index (χ0v) is 63.4. The summed E-state index contributed by atoms with van der Waals surface area (Å²) in [5.74, 6) is 2.94. The highest BCUT2D eigenvalue weighted by Crippen LogP contribution is 2.57. The molecule has 0 amide bonds. The van der Waals surface area contributed by atoms with E-state index in [0.717, 1.165) is 71.7 Å². The molecule has 8 N–H and O–H groups in total. The van der Waals surface area contributed by atoms with Gasteiger partial charge in [0, 0.05) is 152 Å². The highest BCUT2D eigenvalue weighted by molar-refractivity contribution is 14.1. The van der Waals surface area contributed by atoms with Crippen LogP contribution >= 0.6 is 86.3 Å². The third kappa shape index (κ3) is 12.8. The van der Waals surface area contributed by atoms with Gasteiger partial charge in [-0.05, 0) is 218 Å². The van der Waals surface area contributed by atoms with E-state index in [-0.39, 0.29) is 24.1 Å². The molecule has 0 fully saturated rings. The van der Waals surface area contributed by atoms with Crippen LogP contribution in [0.3, 0.4) is 0 Å². The van der Waals surface area contributed by atoms with Crippen molar-refractivity contribution in [2.45, 2.75) is 47.8 Å². The predicted molar refractivity (Wildman–Crippen MR) is 408 cm³/mol. The summed E-state index contributed by atoms with van der Waals surface area (Å²) >= 11 is 16.2. The van der Waals surface area contributed by atoms with Crippen molar-refractivity contribution in [1.82, 2.24) is 34.9 Å². The number of ether oxygens (including phenoxy) is 8. The molecule has 8 aliphatic heterocycles. The molecule has 8 aliphatic rings. The van der Waals surface area contributed by atoms with Gasteiger partial charge in [-0.3, -0.25) is 0 Å². The van der Waals surface area contributed by atoms with Crippen molar-refractivity contribution >= 4 is 110 Å². The number of nitrogens with two attached hydrogens (primary N) is 4. The Labute approximate surface area is 648 Å². The monoisotopic (exact) mass is 1790 g/mol. The van der Waals surface area contributed by atoms with E-state index in [4.69, 9.17) is 60.8 Å². The fourth-order valence-corrected chi connectivity index (χ4v) is 16.0. The minimum Gasteiger partial charge on any atom is -0.465 e. The normalized spacial score (nSPS) is 20.3. The van der Waals surface area contributed by atoms with Gasteiger partial charge in [-0.15, -0.1) is 0 Å². The first-order valence-electron chi connectivity index (χ1n) is 32.6. The summed E-state index contributed by atoms with van der Waals surface area (Å²) in [5.41, 5.74) is 30.5. The summed E-state index contributed by atoms with van der Waals surface area (Å²) in [7, 11) is 0. The molecule has 2 unspecified atom stereocenters. The number of hydrogen-bond donors (Lipinski definition) is 4. The van der Waals surface area contributed by atoms with Crippen LogP contribution in [0.4, 0.5) is 13.2 Å². The van der Waals surface area contributed by atoms with Crippen LogP contribution in [-0.4, -0.2) is 85.4 Å². The zero-order chi connectivity index (χ0) is 73.2. The molecular weight excluding hydrogens is 1740 g/mol. The van der Waals surface area contributed by atoms with E-state index in [9.17, 15) is 13.2 Å². The summed E-state index contributed by atoms with van der Waals surface area (Å²) in [6.45, 7) is 1.69. The van der Waals surface area contributed by atoms with E-state index in [1.807, 2.05) is 54.6 Å². The van der Waals surface area contributed by atoms with Gasteiger partial charge in [-0.2, -0.15) is 13.2 Å². The minimum atomic E-state index is -0.823. The second-order valence-electron chi connectivity index (χ2n) is 24.9. The van der Waals surface area contributed by atoms with E-state index < -0.39 is 40.0 Å². The molecule has 15 heterocycles. The number of pyridine rings is 7. The molecule has 4 atom stereocenters. The Balaban J connectivity index is 0.000000109. The Morgan fingerprint density at radius 1 is 0.330 bits per heavy atom. The Hall–Kier alpha value is -10.4. The summed E-state index contributed by atoms with van der Waals surface area (Å²) < 4.78 is 92.7. The third-order valence-electron chi connectivity index (χ3n) is 18.8. The smallest absolute Gasteiger partial charge is 0.283 e. The lowest BCUT2D eigenvalue weighted by Gasteiger charge is -2.38. The van der Waals surface area contributed by atoms with Crippen LogP contribution in [0.1, 0.15) is 70.2 Å². The van der Waals surface area contributed by atoms with E-state index in [1.165, 1.54) is 18.6 Å². The van der Waals surface area contributed by atoms with E-state index in [0.29, 0.717) is 126 Å². The maximum atomic E-state index is 14.3. The van der Waals surface area contributed by atoms with Gasteiger partial charge >= 0.3 is 0 Å². The standard InChI is InChI=1S/3C20H14BrFN4O2.C15H11BrIN3O2/c3*21-12-9-15-18(25-10-12)28-16-4-3-11(13-2-1-6-24-17(13)22)8-14(16)20(15)5-7-27-19(23)26-20;16-8-5-11-13(19-7-8)22-12-2-1-9(17)6-10(12)15(11)3-4-21-14(18)20-15/h3*1-4,6,8-10H,5,7H2,(H2,23,26);1-2,5-7H,3-4H2,(H2,18,20)/t2*20-;;/m10../s1. The first kappa shape index (κ1) is 70.0. The summed E-state index contributed by atoms with van der Waals surface area (Å²) in [5, 5.41) is 0. The summed E-state index contributed by atoms with van der Waals surface area (Å²) in [4.78, 5) is 47.5. The molecule has 19 rings (SSSR count). The van der Waals surface area contributed by atoms with Crippen molar-refractivity contribution in [2.75, 3.05) is 26.4 Å². The van der Waals surface area contributed by atoms with Gasteiger partial charge in [-0.1, -0.05) is 18.2 Å². The van der Waals surface area contributed by atoms with Gasteiger partial charge < -0.3 is 60.8 Å². The molecule has 11 aromatic rings. The highest BCUT2D eigenvalue weighted by atomic mass is 127. The second kappa shape index (κ2) is 28.2. The van der Waals surface area contributed by atoms with Crippen molar-refractivity contribution < 1.29 is 51.1 Å². The Bertz CT molecular complexity index is 5080. The fourth-order valence-electron chi connectivity index (χ4n) is 14.1. The largest absolute Gasteiger partial charge is 0.465 e. The third-order valence-corrected chi connectivity index (χ3v) is 21.2. The molecule has 4 spiro atoms. The van der Waals surface area contributed by atoms with E-state index in [2.05, 4.69) is 147 Å². The first-order valence-corrected chi connectivity index (χ1v) is 36.9. The fraction of sp³-hybridized carbons (Fsp3) is 0.160. The number of aromatic nitrogens is 7. The number of halogens is 8. The Kier molecular flexibility index (Phi) is 18.6. The topological polar surface area (TPSA) is 318 Å². The van der Waals surface area contributed by atoms with Crippen molar-refractivity contribution in [3.8, 4) is 79.9 Å². The van der Waals surface area contributed by atoms with Gasteiger partial charge in [0.1, 0.15) is 45.2 Å². The van der Waals surface area contributed by atoms with Crippen molar-refractivity contribution in [1.29, 1.82) is 0 Å². The van der Waals surface area contributed by atoms with Crippen LogP contribution in [0.15, 0.2) is 215 Å². The summed E-state index contributed by atoms with van der Waals surface area (Å²) in [6.07, 6.45) is 13.3. The first-order chi connectivity index (χ1) is 51.3. The van der Waals surface area contributed by atoms with Crippen LogP contribution in [0, 0.1) is 21.4 Å². The Morgan fingerprint density at radius 3 is 0.858 bits per heavy atom. The van der Waals surface area contributed by atoms with E-state index >= 15 is 0 Å². The number of aliphatic imine (C=N–C) groups is 4. The molecule has 106 heavy (non-hydrogen) atoms. The van der Waals surface area contributed by atoms with Crippen LogP contribution in [0.5, 0.6) is 46.5 Å². The van der Waals surface area contributed by atoms with Crippen LogP contribution < -0.4 is 41.9 Å². The highest BCUT2D eigenvalue weighted by Gasteiger charge is 2.50. The molecule has 7 aromatic heterocycles. The molecule has 31 heteroatoms. The lowest BCUT2D eigenvalue weighted by Crippen LogP contribution is -2.38. The molecule has 0 aliphatic carbocycles. The average Bonchev–Trinajstić information content (AvgIpc) is 0.725. The second-order valence-corrected chi connectivity index (χ2v) is 29.8. The molecule has 0 saturated heterocycles. The number of nitrogens with zero attached hydrogens (tertiary/aromatic N) is 11. The quantitative estimate of drug-likeness (QED) is 0.0943. The van der Waals surface area contributed by atoms with Crippen LogP contribution in [0.2, 0.25) is 0 Å². The van der Waals surface area contributed by atoms with Gasteiger partial charge in [0.15, 0.2) is 0 Å². The lowest BCUT2D eigenvalue weighted by atomic mass is 9.78. The number of fused-ring (bicyclic) bond motifs is 16. The maximum Gasteiger partial charge on any atom is 0.283 e. The summed E-state index contributed by atoms with van der Waals surface area (Å²) in [6, 6.07) is 40.9. The number of amidine groups is 4. The number of hydrogen-bond acceptors (Lipinski definition) is 23.